The van der Waals surface area contributed by atoms with E-state index >= 15 is 0 Å². The minimum Gasteiger partial charge on any atom is -0.377 e. The number of hydrogen-bond donors (Lipinski definition) is 1. The van der Waals surface area contributed by atoms with E-state index in [0.29, 0.717) is 12.1 Å². The van der Waals surface area contributed by atoms with Crippen LogP contribution in [0.2, 0.25) is 0 Å². The van der Waals surface area contributed by atoms with Crippen molar-refractivity contribution in [1.29, 1.82) is 0 Å². The van der Waals surface area contributed by atoms with E-state index in [1.165, 1.54) is 19.4 Å². The minimum atomic E-state index is 0.409. The predicted molar refractivity (Wildman–Crippen MR) is 48.0 cm³/mol. The molecule has 0 aromatic rings. The highest BCUT2D eigenvalue weighted by molar-refractivity contribution is 4.80. The zero-order chi connectivity index (χ0) is 8.39. The van der Waals surface area contributed by atoms with E-state index in [0.717, 1.165) is 26.1 Å². The van der Waals surface area contributed by atoms with Crippen LogP contribution >= 0.6 is 0 Å². The van der Waals surface area contributed by atoms with Crippen molar-refractivity contribution in [2.45, 2.75) is 31.4 Å². The molecule has 2 unspecified atom stereocenters. The molecule has 2 heterocycles. The molecule has 0 saturated carbocycles. The van der Waals surface area contributed by atoms with E-state index in [4.69, 9.17) is 10.5 Å². The Kier molecular flexibility index (Phi) is 2.63. The summed E-state index contributed by atoms with van der Waals surface area (Å²) in [6.45, 7) is 4.30. The molecule has 3 heteroatoms. The SMILES string of the molecule is NC1CCN(CC2CCCO2)C1. The quantitative estimate of drug-likeness (QED) is 0.643. The fourth-order valence-corrected chi connectivity index (χ4v) is 2.10. The fraction of sp³-hybridized carbons (Fsp3) is 1.00. The molecular weight excluding hydrogens is 152 g/mol. The molecule has 2 aliphatic rings. The summed E-state index contributed by atoms with van der Waals surface area (Å²) in [7, 11) is 0. The average molecular weight is 170 g/mol. The molecule has 0 radical (unpaired) electrons. The Morgan fingerprint density at radius 2 is 2.33 bits per heavy atom. The van der Waals surface area contributed by atoms with Gasteiger partial charge in [-0.15, -0.1) is 0 Å². The van der Waals surface area contributed by atoms with Crippen LogP contribution in [-0.2, 0) is 4.74 Å². The molecule has 12 heavy (non-hydrogen) atoms. The van der Waals surface area contributed by atoms with Crippen LogP contribution < -0.4 is 5.73 Å². The van der Waals surface area contributed by atoms with Crippen LogP contribution in [0.15, 0.2) is 0 Å². The normalized spacial score (nSPS) is 37.8. The van der Waals surface area contributed by atoms with Crippen molar-refractivity contribution in [3.63, 3.8) is 0 Å². The Labute approximate surface area is 73.9 Å². The van der Waals surface area contributed by atoms with Gasteiger partial charge in [-0.1, -0.05) is 0 Å². The van der Waals surface area contributed by atoms with Crippen molar-refractivity contribution in [2.24, 2.45) is 5.73 Å². The summed E-state index contributed by atoms with van der Waals surface area (Å²) in [4.78, 5) is 2.43. The molecule has 0 aromatic carbocycles. The third-order valence-electron chi connectivity index (χ3n) is 2.79. The standard InChI is InChI=1S/C9H18N2O/c10-8-3-4-11(6-8)7-9-2-1-5-12-9/h8-9H,1-7,10H2. The monoisotopic (exact) mass is 170 g/mol. The van der Waals surface area contributed by atoms with Crippen LogP contribution in [0.4, 0.5) is 0 Å². The van der Waals surface area contributed by atoms with E-state index in [2.05, 4.69) is 4.90 Å². The number of rotatable bonds is 2. The van der Waals surface area contributed by atoms with Crippen molar-refractivity contribution >= 4 is 0 Å². The van der Waals surface area contributed by atoms with Crippen molar-refractivity contribution in [1.82, 2.24) is 4.90 Å². The first-order valence-corrected chi connectivity index (χ1v) is 4.94. The van der Waals surface area contributed by atoms with Gasteiger partial charge < -0.3 is 10.5 Å². The van der Waals surface area contributed by atoms with Gasteiger partial charge in [0.25, 0.3) is 0 Å². The van der Waals surface area contributed by atoms with E-state index < -0.39 is 0 Å². The highest BCUT2D eigenvalue weighted by atomic mass is 16.5. The number of hydrogen-bond acceptors (Lipinski definition) is 3. The van der Waals surface area contributed by atoms with Gasteiger partial charge in [0.1, 0.15) is 0 Å². The molecule has 0 aromatic heterocycles. The van der Waals surface area contributed by atoms with Crippen LogP contribution in [0, 0.1) is 0 Å². The number of ether oxygens (including phenoxy) is 1. The Balaban J connectivity index is 1.72. The average Bonchev–Trinajstić information content (AvgIpc) is 2.63. The molecule has 70 valence electrons. The Bertz CT molecular complexity index is 145. The maximum Gasteiger partial charge on any atom is 0.0702 e. The van der Waals surface area contributed by atoms with Gasteiger partial charge in [0.2, 0.25) is 0 Å². The van der Waals surface area contributed by atoms with Gasteiger partial charge in [-0.3, -0.25) is 4.90 Å². The lowest BCUT2D eigenvalue weighted by Crippen LogP contribution is -2.32. The fourth-order valence-electron chi connectivity index (χ4n) is 2.10. The Hall–Kier alpha value is -0.120. The Morgan fingerprint density at radius 3 is 2.92 bits per heavy atom. The highest BCUT2D eigenvalue weighted by Gasteiger charge is 2.24. The molecule has 2 atom stereocenters. The second-order valence-electron chi connectivity index (χ2n) is 3.94. The number of nitrogens with two attached hydrogens (primary N) is 1. The molecule has 2 rings (SSSR count). The van der Waals surface area contributed by atoms with Crippen molar-refractivity contribution in [2.75, 3.05) is 26.2 Å². The van der Waals surface area contributed by atoms with Crippen molar-refractivity contribution in [3.8, 4) is 0 Å². The molecule has 3 nitrogen and oxygen atoms in total. The minimum absolute atomic E-state index is 0.409. The van der Waals surface area contributed by atoms with Crippen LogP contribution in [-0.4, -0.2) is 43.3 Å². The van der Waals surface area contributed by atoms with Crippen molar-refractivity contribution < 1.29 is 4.74 Å². The molecule has 2 saturated heterocycles. The maximum atomic E-state index is 5.82. The molecule has 0 bridgehead atoms. The van der Waals surface area contributed by atoms with E-state index in [-0.39, 0.29) is 0 Å². The van der Waals surface area contributed by atoms with Gasteiger partial charge in [0, 0.05) is 25.7 Å². The van der Waals surface area contributed by atoms with Crippen LogP contribution in [0.5, 0.6) is 0 Å². The number of likely N-dealkylation sites (tertiary alicyclic amines) is 1. The highest BCUT2D eigenvalue weighted by Crippen LogP contribution is 2.15. The van der Waals surface area contributed by atoms with Gasteiger partial charge in [0.05, 0.1) is 6.10 Å². The van der Waals surface area contributed by atoms with Crippen molar-refractivity contribution in [3.05, 3.63) is 0 Å². The molecule has 0 amide bonds. The second kappa shape index (κ2) is 3.73. The first-order valence-electron chi connectivity index (χ1n) is 4.94. The molecule has 0 spiro atoms. The van der Waals surface area contributed by atoms with Crippen LogP contribution in [0.25, 0.3) is 0 Å². The summed E-state index contributed by atoms with van der Waals surface area (Å²) >= 11 is 0. The summed E-state index contributed by atoms with van der Waals surface area (Å²) in [6, 6.07) is 0.409. The van der Waals surface area contributed by atoms with Crippen LogP contribution in [0.1, 0.15) is 19.3 Å². The topological polar surface area (TPSA) is 38.5 Å². The second-order valence-corrected chi connectivity index (χ2v) is 3.94. The van der Waals surface area contributed by atoms with E-state index in [9.17, 15) is 0 Å². The third-order valence-corrected chi connectivity index (χ3v) is 2.79. The molecule has 2 fully saturated rings. The predicted octanol–water partition coefficient (Wildman–Crippen LogP) is 0.198. The molecule has 0 aliphatic carbocycles. The lowest BCUT2D eigenvalue weighted by Gasteiger charge is -2.19. The Morgan fingerprint density at radius 1 is 1.42 bits per heavy atom. The molecule has 2 aliphatic heterocycles. The number of nitrogens with zero attached hydrogens (tertiary/aromatic N) is 1. The molecule has 2 N–H and O–H groups in total. The smallest absolute Gasteiger partial charge is 0.0702 e. The third kappa shape index (κ3) is 1.97. The summed E-state index contributed by atoms with van der Waals surface area (Å²) in [5.74, 6) is 0. The largest absolute Gasteiger partial charge is 0.377 e. The molecular formula is C9H18N2O. The zero-order valence-electron chi connectivity index (χ0n) is 7.54. The summed E-state index contributed by atoms with van der Waals surface area (Å²) in [6.07, 6.45) is 4.14. The summed E-state index contributed by atoms with van der Waals surface area (Å²) < 4.78 is 5.57. The van der Waals surface area contributed by atoms with Gasteiger partial charge in [0.15, 0.2) is 0 Å². The van der Waals surface area contributed by atoms with Crippen LogP contribution in [0.3, 0.4) is 0 Å². The lowest BCUT2D eigenvalue weighted by atomic mass is 10.2. The zero-order valence-corrected chi connectivity index (χ0v) is 7.54. The van der Waals surface area contributed by atoms with E-state index in [1.54, 1.807) is 0 Å². The summed E-state index contributed by atoms with van der Waals surface area (Å²) in [5.41, 5.74) is 5.82. The van der Waals surface area contributed by atoms with Gasteiger partial charge >= 0.3 is 0 Å². The first-order chi connectivity index (χ1) is 5.84. The van der Waals surface area contributed by atoms with E-state index in [1.807, 2.05) is 0 Å². The first kappa shape index (κ1) is 8.48. The van der Waals surface area contributed by atoms with Gasteiger partial charge in [-0.25, -0.2) is 0 Å². The van der Waals surface area contributed by atoms with Gasteiger partial charge in [-0.2, -0.15) is 0 Å². The summed E-state index contributed by atoms with van der Waals surface area (Å²) in [5, 5.41) is 0. The van der Waals surface area contributed by atoms with Gasteiger partial charge in [-0.05, 0) is 25.8 Å². The maximum absolute atomic E-state index is 5.82. The lowest BCUT2D eigenvalue weighted by molar-refractivity contribution is 0.0804.